The highest BCUT2D eigenvalue weighted by atomic mass is 15.4. The van der Waals surface area contributed by atoms with E-state index in [4.69, 9.17) is 5.73 Å². The Morgan fingerprint density at radius 1 is 1.17 bits per heavy atom. The van der Waals surface area contributed by atoms with Crippen molar-refractivity contribution in [2.75, 3.05) is 43.9 Å². The molecule has 0 bridgehead atoms. The fourth-order valence-corrected chi connectivity index (χ4v) is 2.48. The van der Waals surface area contributed by atoms with Gasteiger partial charge in [0.1, 0.15) is 0 Å². The van der Waals surface area contributed by atoms with Crippen LogP contribution >= 0.6 is 0 Å². The molecule has 0 unspecified atom stereocenters. The highest BCUT2D eigenvalue weighted by Gasteiger charge is 2.22. The first kappa shape index (κ1) is 13.2. The molecule has 0 aliphatic carbocycles. The highest BCUT2D eigenvalue weighted by Crippen LogP contribution is 2.29. The molecule has 1 saturated heterocycles. The number of rotatable bonds is 2. The maximum atomic E-state index is 6.22. The van der Waals surface area contributed by atoms with Gasteiger partial charge in [-0.25, -0.2) is 4.68 Å². The lowest BCUT2D eigenvalue weighted by molar-refractivity contribution is 0.359. The number of nitrogens with zero attached hydrogens (tertiary/aromatic N) is 4. The zero-order valence-electron chi connectivity index (χ0n) is 12.0. The minimum Gasteiger partial charge on any atom is -0.394 e. The molecule has 0 aromatic carbocycles. The smallest absolute Gasteiger partial charge is 0.150 e. The van der Waals surface area contributed by atoms with E-state index in [1.807, 2.05) is 6.92 Å². The Morgan fingerprint density at radius 2 is 1.89 bits per heavy atom. The van der Waals surface area contributed by atoms with Gasteiger partial charge in [0.2, 0.25) is 0 Å². The minimum atomic E-state index is 0.344. The summed E-state index contributed by atoms with van der Waals surface area (Å²) in [6, 6.07) is 0.344. The van der Waals surface area contributed by atoms with Crippen molar-refractivity contribution in [3.05, 3.63) is 5.69 Å². The van der Waals surface area contributed by atoms with E-state index < -0.39 is 0 Å². The summed E-state index contributed by atoms with van der Waals surface area (Å²) in [6.45, 7) is 10.6. The average Bonchev–Trinajstić information content (AvgIpc) is 2.50. The molecule has 0 spiro atoms. The number of nitrogens with two attached hydrogens (primary N) is 1. The van der Waals surface area contributed by atoms with Crippen molar-refractivity contribution >= 4 is 11.5 Å². The van der Waals surface area contributed by atoms with Crippen LogP contribution in [0, 0.1) is 6.92 Å². The van der Waals surface area contributed by atoms with Crippen LogP contribution in [-0.2, 0) is 0 Å². The van der Waals surface area contributed by atoms with E-state index >= 15 is 0 Å². The molecule has 5 heteroatoms. The molecule has 0 amide bonds. The predicted molar refractivity (Wildman–Crippen MR) is 76.1 cm³/mol. The molecular formula is C13H25N5. The second kappa shape index (κ2) is 5.18. The third-order valence-corrected chi connectivity index (χ3v) is 3.61. The van der Waals surface area contributed by atoms with E-state index in [-0.39, 0.29) is 0 Å². The summed E-state index contributed by atoms with van der Waals surface area (Å²) in [7, 11) is 2.18. The standard InChI is InChI=1S/C13H25N5/c1-10(2)18-13(12(14)11(3)15-18)17-7-5-6-16(4)8-9-17/h10H,5-9,14H2,1-4H3. The van der Waals surface area contributed by atoms with Crippen LogP contribution < -0.4 is 10.6 Å². The van der Waals surface area contributed by atoms with Gasteiger partial charge in [0, 0.05) is 25.7 Å². The summed E-state index contributed by atoms with van der Waals surface area (Å²) in [4.78, 5) is 4.76. The quantitative estimate of drug-likeness (QED) is 0.865. The van der Waals surface area contributed by atoms with Crippen molar-refractivity contribution in [1.82, 2.24) is 14.7 Å². The van der Waals surface area contributed by atoms with E-state index in [1.165, 1.54) is 6.42 Å². The van der Waals surface area contributed by atoms with Gasteiger partial charge in [-0.1, -0.05) is 0 Å². The molecule has 2 rings (SSSR count). The molecule has 5 nitrogen and oxygen atoms in total. The van der Waals surface area contributed by atoms with Crippen LogP contribution in [0.4, 0.5) is 11.5 Å². The molecule has 1 aliphatic rings. The van der Waals surface area contributed by atoms with Crippen LogP contribution in [0.2, 0.25) is 0 Å². The van der Waals surface area contributed by atoms with Crippen molar-refractivity contribution < 1.29 is 0 Å². The fraction of sp³-hybridized carbons (Fsp3) is 0.769. The van der Waals surface area contributed by atoms with Gasteiger partial charge < -0.3 is 15.5 Å². The lowest BCUT2D eigenvalue weighted by Gasteiger charge is -2.25. The lowest BCUT2D eigenvalue weighted by Crippen LogP contribution is -2.31. The van der Waals surface area contributed by atoms with Gasteiger partial charge in [-0.3, -0.25) is 0 Å². The second-order valence-electron chi connectivity index (χ2n) is 5.50. The normalized spacial score (nSPS) is 18.4. The minimum absolute atomic E-state index is 0.344. The Labute approximate surface area is 110 Å². The van der Waals surface area contributed by atoms with Crippen molar-refractivity contribution in [1.29, 1.82) is 0 Å². The maximum Gasteiger partial charge on any atom is 0.150 e. The number of nitrogen functional groups attached to an aromatic ring is 1. The molecular weight excluding hydrogens is 226 g/mol. The summed E-state index contributed by atoms with van der Waals surface area (Å²) >= 11 is 0. The number of aryl methyl sites for hydroxylation is 1. The Hall–Kier alpha value is -1.23. The summed E-state index contributed by atoms with van der Waals surface area (Å²) in [5, 5.41) is 4.57. The summed E-state index contributed by atoms with van der Waals surface area (Å²) < 4.78 is 2.07. The van der Waals surface area contributed by atoms with Crippen molar-refractivity contribution in [3.8, 4) is 0 Å². The van der Waals surface area contributed by atoms with E-state index in [2.05, 4.69) is 40.5 Å². The summed E-state index contributed by atoms with van der Waals surface area (Å²) in [5.41, 5.74) is 8.00. The molecule has 0 saturated carbocycles. The number of anilines is 2. The SMILES string of the molecule is Cc1nn(C(C)C)c(N2CCCN(C)CC2)c1N. The lowest BCUT2D eigenvalue weighted by atomic mass is 10.3. The Balaban J connectivity index is 2.31. The molecule has 2 N–H and O–H groups in total. The highest BCUT2D eigenvalue weighted by molar-refractivity contribution is 5.66. The van der Waals surface area contributed by atoms with E-state index in [0.717, 1.165) is 43.4 Å². The van der Waals surface area contributed by atoms with E-state index in [9.17, 15) is 0 Å². The monoisotopic (exact) mass is 251 g/mol. The largest absolute Gasteiger partial charge is 0.394 e. The van der Waals surface area contributed by atoms with Gasteiger partial charge >= 0.3 is 0 Å². The van der Waals surface area contributed by atoms with Gasteiger partial charge in [0.15, 0.2) is 5.82 Å². The summed E-state index contributed by atoms with van der Waals surface area (Å²) in [5.74, 6) is 1.11. The first-order valence-electron chi connectivity index (χ1n) is 6.78. The fourth-order valence-electron chi connectivity index (χ4n) is 2.48. The Morgan fingerprint density at radius 3 is 2.56 bits per heavy atom. The first-order valence-corrected chi connectivity index (χ1v) is 6.78. The average molecular weight is 251 g/mol. The number of hydrogen-bond donors (Lipinski definition) is 1. The van der Waals surface area contributed by atoms with Gasteiger partial charge in [-0.15, -0.1) is 0 Å². The molecule has 0 atom stereocenters. The molecule has 1 fully saturated rings. The molecule has 1 aromatic heterocycles. The van der Waals surface area contributed by atoms with E-state index in [1.54, 1.807) is 0 Å². The number of hydrogen-bond acceptors (Lipinski definition) is 4. The second-order valence-corrected chi connectivity index (χ2v) is 5.50. The zero-order valence-corrected chi connectivity index (χ0v) is 12.0. The molecule has 2 heterocycles. The van der Waals surface area contributed by atoms with Crippen LogP contribution in [0.1, 0.15) is 32.0 Å². The van der Waals surface area contributed by atoms with Crippen LogP contribution in [0.3, 0.4) is 0 Å². The summed E-state index contributed by atoms with van der Waals surface area (Å²) in [6.07, 6.45) is 1.18. The third kappa shape index (κ3) is 2.46. The number of likely N-dealkylation sites (N-methyl/N-ethyl adjacent to an activating group) is 1. The molecule has 0 radical (unpaired) electrons. The van der Waals surface area contributed by atoms with Crippen LogP contribution in [0.25, 0.3) is 0 Å². The molecule has 1 aromatic rings. The van der Waals surface area contributed by atoms with Gasteiger partial charge in [0.25, 0.3) is 0 Å². The van der Waals surface area contributed by atoms with Gasteiger partial charge in [0.05, 0.1) is 11.4 Å². The van der Waals surface area contributed by atoms with Crippen molar-refractivity contribution in [3.63, 3.8) is 0 Å². The molecule has 1 aliphatic heterocycles. The Kier molecular flexibility index (Phi) is 3.80. The predicted octanol–water partition coefficient (Wildman–Crippen LogP) is 1.50. The van der Waals surface area contributed by atoms with Crippen LogP contribution in [0.5, 0.6) is 0 Å². The first-order chi connectivity index (χ1) is 8.50. The third-order valence-electron chi connectivity index (χ3n) is 3.61. The molecule has 102 valence electrons. The van der Waals surface area contributed by atoms with Crippen LogP contribution in [0.15, 0.2) is 0 Å². The molecule has 18 heavy (non-hydrogen) atoms. The van der Waals surface area contributed by atoms with E-state index in [0.29, 0.717) is 6.04 Å². The topological polar surface area (TPSA) is 50.3 Å². The van der Waals surface area contributed by atoms with Crippen LogP contribution in [-0.4, -0.2) is 47.9 Å². The zero-order chi connectivity index (χ0) is 13.3. The van der Waals surface area contributed by atoms with Crippen molar-refractivity contribution in [2.24, 2.45) is 0 Å². The van der Waals surface area contributed by atoms with Gasteiger partial charge in [-0.05, 0) is 40.8 Å². The maximum absolute atomic E-state index is 6.22. The number of aromatic nitrogens is 2. The van der Waals surface area contributed by atoms with Gasteiger partial charge in [-0.2, -0.15) is 5.10 Å². The Bertz CT molecular complexity index is 410. The van der Waals surface area contributed by atoms with Crippen molar-refractivity contribution in [2.45, 2.75) is 33.2 Å².